The fraction of sp³-hybridized carbons (Fsp3) is 0.667. The minimum atomic E-state index is 0.451. The first-order chi connectivity index (χ1) is 8.26. The molecule has 2 N–H and O–H groups in total. The highest BCUT2D eigenvalue weighted by Gasteiger charge is 2.30. The number of hydrogen-bond acceptors (Lipinski definition) is 5. The van der Waals surface area contributed by atoms with Gasteiger partial charge in [0.1, 0.15) is 0 Å². The van der Waals surface area contributed by atoms with E-state index in [-0.39, 0.29) is 0 Å². The van der Waals surface area contributed by atoms with Gasteiger partial charge in [-0.2, -0.15) is 4.98 Å². The molecule has 1 aromatic rings. The van der Waals surface area contributed by atoms with Crippen molar-refractivity contribution in [3.05, 3.63) is 12.3 Å². The van der Waals surface area contributed by atoms with Crippen molar-refractivity contribution in [2.75, 3.05) is 25.6 Å². The van der Waals surface area contributed by atoms with E-state index in [1.54, 1.807) is 19.4 Å². The smallest absolute Gasteiger partial charge is 0.228 e. The number of rotatable bonds is 4. The first kappa shape index (κ1) is 12.1. The molecule has 1 aromatic heterocycles. The predicted octanol–water partition coefficient (Wildman–Crippen LogP) is 1.05. The monoisotopic (exact) mass is 236 g/mol. The van der Waals surface area contributed by atoms with Crippen molar-refractivity contribution in [1.82, 2.24) is 9.97 Å². The summed E-state index contributed by atoms with van der Waals surface area (Å²) in [7, 11) is 3.65. The second kappa shape index (κ2) is 5.31. The molecule has 17 heavy (non-hydrogen) atoms. The molecule has 1 aliphatic rings. The third-order valence-electron chi connectivity index (χ3n) is 3.56. The van der Waals surface area contributed by atoms with Crippen molar-refractivity contribution in [2.45, 2.75) is 25.3 Å². The van der Waals surface area contributed by atoms with Gasteiger partial charge in [-0.3, -0.25) is 0 Å². The number of nitrogens with zero attached hydrogens (tertiary/aromatic N) is 3. The van der Waals surface area contributed by atoms with Crippen LogP contribution >= 0.6 is 0 Å². The normalized spacial score (nSPS) is 23.7. The molecule has 0 saturated heterocycles. The van der Waals surface area contributed by atoms with Crippen LogP contribution in [0.15, 0.2) is 12.3 Å². The average Bonchev–Trinajstić information content (AvgIpc) is 2.86. The highest BCUT2D eigenvalue weighted by atomic mass is 16.5. The van der Waals surface area contributed by atoms with Gasteiger partial charge in [0.05, 0.1) is 7.11 Å². The molecule has 0 spiro atoms. The largest absolute Gasteiger partial charge is 0.481 e. The van der Waals surface area contributed by atoms with E-state index >= 15 is 0 Å². The third-order valence-corrected chi connectivity index (χ3v) is 3.56. The Morgan fingerprint density at radius 2 is 2.35 bits per heavy atom. The van der Waals surface area contributed by atoms with Crippen LogP contribution in [0.25, 0.3) is 0 Å². The summed E-state index contributed by atoms with van der Waals surface area (Å²) in [4.78, 5) is 10.8. The quantitative estimate of drug-likeness (QED) is 0.846. The maximum Gasteiger partial charge on any atom is 0.228 e. The average molecular weight is 236 g/mol. The molecule has 5 heteroatoms. The number of aromatic nitrogens is 2. The van der Waals surface area contributed by atoms with Crippen LogP contribution in [-0.2, 0) is 0 Å². The standard InChI is InChI=1S/C12H20N4O/c1-16(10-5-3-4-9(10)8-13)12-14-7-6-11(15-12)17-2/h6-7,9-10H,3-5,8,13H2,1-2H3. The Bertz CT molecular complexity index is 371. The summed E-state index contributed by atoms with van der Waals surface area (Å²) < 4.78 is 5.12. The van der Waals surface area contributed by atoms with E-state index in [1.165, 1.54) is 19.3 Å². The molecule has 1 heterocycles. The van der Waals surface area contributed by atoms with Crippen LogP contribution in [0, 0.1) is 5.92 Å². The third kappa shape index (κ3) is 2.49. The summed E-state index contributed by atoms with van der Waals surface area (Å²) in [6.07, 6.45) is 5.33. The number of ether oxygens (including phenoxy) is 1. The summed E-state index contributed by atoms with van der Waals surface area (Å²) in [5.74, 6) is 1.87. The van der Waals surface area contributed by atoms with E-state index in [0.29, 0.717) is 17.8 Å². The lowest BCUT2D eigenvalue weighted by atomic mass is 10.0. The summed E-state index contributed by atoms with van der Waals surface area (Å²) in [5.41, 5.74) is 5.80. The molecule has 0 bridgehead atoms. The molecule has 1 fully saturated rings. The van der Waals surface area contributed by atoms with Gasteiger partial charge in [-0.15, -0.1) is 0 Å². The van der Waals surface area contributed by atoms with Gasteiger partial charge in [-0.25, -0.2) is 4.98 Å². The minimum absolute atomic E-state index is 0.451. The number of hydrogen-bond donors (Lipinski definition) is 1. The summed E-state index contributed by atoms with van der Waals surface area (Å²) in [6.45, 7) is 0.735. The summed E-state index contributed by atoms with van der Waals surface area (Å²) in [5, 5.41) is 0. The van der Waals surface area contributed by atoms with Crippen LogP contribution in [0.3, 0.4) is 0 Å². The summed E-state index contributed by atoms with van der Waals surface area (Å²) >= 11 is 0. The lowest BCUT2D eigenvalue weighted by molar-refractivity contribution is 0.395. The van der Waals surface area contributed by atoms with E-state index in [4.69, 9.17) is 10.5 Å². The first-order valence-electron chi connectivity index (χ1n) is 6.06. The molecule has 2 atom stereocenters. The maximum atomic E-state index is 5.80. The molecular formula is C12H20N4O. The van der Waals surface area contributed by atoms with Crippen molar-refractivity contribution in [1.29, 1.82) is 0 Å². The zero-order valence-electron chi connectivity index (χ0n) is 10.5. The molecule has 1 saturated carbocycles. The Labute approximate surface area is 102 Å². The lowest BCUT2D eigenvalue weighted by Crippen LogP contribution is -2.38. The van der Waals surface area contributed by atoms with Gasteiger partial charge in [0, 0.05) is 25.4 Å². The Morgan fingerprint density at radius 1 is 1.53 bits per heavy atom. The molecule has 0 amide bonds. The molecule has 0 aliphatic heterocycles. The zero-order chi connectivity index (χ0) is 12.3. The lowest BCUT2D eigenvalue weighted by Gasteiger charge is -2.29. The van der Waals surface area contributed by atoms with Crippen molar-refractivity contribution in [3.8, 4) is 5.88 Å². The van der Waals surface area contributed by atoms with Crippen LogP contribution in [-0.4, -0.2) is 36.7 Å². The van der Waals surface area contributed by atoms with Gasteiger partial charge in [0.2, 0.25) is 11.8 Å². The maximum absolute atomic E-state index is 5.80. The van der Waals surface area contributed by atoms with Gasteiger partial charge in [-0.1, -0.05) is 6.42 Å². The minimum Gasteiger partial charge on any atom is -0.481 e. The Kier molecular flexibility index (Phi) is 3.78. The Hall–Kier alpha value is -1.36. The van der Waals surface area contributed by atoms with E-state index in [0.717, 1.165) is 12.5 Å². The SMILES string of the molecule is COc1ccnc(N(C)C2CCCC2CN)n1. The molecule has 5 nitrogen and oxygen atoms in total. The van der Waals surface area contributed by atoms with Crippen LogP contribution in [0.1, 0.15) is 19.3 Å². The van der Waals surface area contributed by atoms with Gasteiger partial charge in [0.25, 0.3) is 0 Å². The number of methoxy groups -OCH3 is 1. The molecule has 0 radical (unpaired) electrons. The Morgan fingerprint density at radius 3 is 3.06 bits per heavy atom. The van der Waals surface area contributed by atoms with Gasteiger partial charge in [-0.05, 0) is 25.3 Å². The van der Waals surface area contributed by atoms with Crippen LogP contribution in [0.4, 0.5) is 5.95 Å². The van der Waals surface area contributed by atoms with Crippen LogP contribution in [0.5, 0.6) is 5.88 Å². The molecule has 94 valence electrons. The Balaban J connectivity index is 2.15. The van der Waals surface area contributed by atoms with Crippen molar-refractivity contribution >= 4 is 5.95 Å². The molecule has 2 rings (SSSR count). The molecule has 2 unspecified atom stereocenters. The van der Waals surface area contributed by atoms with E-state index in [1.807, 2.05) is 7.05 Å². The van der Waals surface area contributed by atoms with Crippen molar-refractivity contribution < 1.29 is 4.74 Å². The predicted molar refractivity (Wildman–Crippen MR) is 67.2 cm³/mol. The molecular weight excluding hydrogens is 216 g/mol. The topological polar surface area (TPSA) is 64.3 Å². The molecule has 0 aromatic carbocycles. The van der Waals surface area contributed by atoms with E-state index < -0.39 is 0 Å². The van der Waals surface area contributed by atoms with Crippen molar-refractivity contribution in [2.24, 2.45) is 11.7 Å². The number of nitrogens with two attached hydrogens (primary N) is 1. The fourth-order valence-corrected chi connectivity index (χ4v) is 2.57. The fourth-order valence-electron chi connectivity index (χ4n) is 2.57. The highest BCUT2D eigenvalue weighted by molar-refractivity contribution is 5.33. The van der Waals surface area contributed by atoms with E-state index in [9.17, 15) is 0 Å². The van der Waals surface area contributed by atoms with Crippen molar-refractivity contribution in [3.63, 3.8) is 0 Å². The van der Waals surface area contributed by atoms with E-state index in [2.05, 4.69) is 14.9 Å². The van der Waals surface area contributed by atoms with Gasteiger partial charge < -0.3 is 15.4 Å². The second-order valence-corrected chi connectivity index (χ2v) is 4.50. The van der Waals surface area contributed by atoms with Gasteiger partial charge in [0.15, 0.2) is 0 Å². The zero-order valence-corrected chi connectivity index (χ0v) is 10.5. The number of anilines is 1. The second-order valence-electron chi connectivity index (χ2n) is 4.50. The first-order valence-corrected chi connectivity index (χ1v) is 6.06. The summed E-state index contributed by atoms with van der Waals surface area (Å²) in [6, 6.07) is 2.21. The van der Waals surface area contributed by atoms with Crippen LogP contribution in [0.2, 0.25) is 0 Å². The van der Waals surface area contributed by atoms with Gasteiger partial charge >= 0.3 is 0 Å². The highest BCUT2D eigenvalue weighted by Crippen LogP contribution is 2.30. The van der Waals surface area contributed by atoms with Crippen LogP contribution < -0.4 is 15.4 Å². The molecule has 1 aliphatic carbocycles.